The lowest BCUT2D eigenvalue weighted by Crippen LogP contribution is -2.28. The molecule has 0 bridgehead atoms. The molecule has 0 aliphatic rings. The molecule has 4 nitrogen and oxygen atoms in total. The lowest BCUT2D eigenvalue weighted by molar-refractivity contribution is -0.123. The van der Waals surface area contributed by atoms with Crippen molar-refractivity contribution in [3.8, 4) is 0 Å². The number of benzene rings is 2. The number of anilines is 2. The summed E-state index contributed by atoms with van der Waals surface area (Å²) in [7, 11) is 0. The molecular weight excluding hydrogens is 312 g/mol. The van der Waals surface area contributed by atoms with Crippen molar-refractivity contribution in [2.45, 2.75) is 20.8 Å². The second kappa shape index (κ2) is 6.84. The summed E-state index contributed by atoms with van der Waals surface area (Å²) in [5.41, 5.74) is 0.824. The van der Waals surface area contributed by atoms with Crippen LogP contribution in [0.15, 0.2) is 48.5 Å². The third-order valence-electron chi connectivity index (χ3n) is 3.22. The summed E-state index contributed by atoms with van der Waals surface area (Å²) in [5, 5.41) is 6.01. The zero-order chi connectivity index (χ0) is 17.0. The minimum atomic E-state index is -0.549. The zero-order valence-corrected chi connectivity index (χ0v) is 14.1. The fraction of sp³-hybridized carbons (Fsp3) is 0.222. The van der Waals surface area contributed by atoms with Gasteiger partial charge in [0.1, 0.15) is 0 Å². The lowest BCUT2D eigenvalue weighted by Gasteiger charge is -2.19. The van der Waals surface area contributed by atoms with Gasteiger partial charge >= 0.3 is 0 Å². The topological polar surface area (TPSA) is 58.2 Å². The van der Waals surface area contributed by atoms with Gasteiger partial charge in [-0.25, -0.2) is 0 Å². The Kier molecular flexibility index (Phi) is 5.06. The molecule has 0 aliphatic carbocycles. The minimum absolute atomic E-state index is 0.157. The van der Waals surface area contributed by atoms with Gasteiger partial charge in [0.15, 0.2) is 0 Å². The fourth-order valence-electron chi connectivity index (χ4n) is 1.85. The number of rotatable bonds is 3. The molecule has 2 amide bonds. The maximum absolute atomic E-state index is 12.5. The normalized spacial score (nSPS) is 11.0. The van der Waals surface area contributed by atoms with E-state index in [1.54, 1.807) is 48.5 Å². The average Bonchev–Trinajstić information content (AvgIpc) is 2.49. The third kappa shape index (κ3) is 4.33. The highest BCUT2D eigenvalue weighted by Crippen LogP contribution is 2.24. The molecule has 0 radical (unpaired) electrons. The van der Waals surface area contributed by atoms with Crippen molar-refractivity contribution in [3.05, 3.63) is 59.1 Å². The second-order valence-corrected chi connectivity index (χ2v) is 6.59. The number of nitrogens with one attached hydrogen (secondary N) is 2. The minimum Gasteiger partial charge on any atom is -0.325 e. The molecule has 0 unspecified atom stereocenters. The lowest BCUT2D eigenvalue weighted by atomic mass is 9.95. The molecule has 2 N–H and O–H groups in total. The molecular formula is C18H19ClN2O2. The smallest absolute Gasteiger partial charge is 0.257 e. The number of carbonyl (C=O) groups excluding carboxylic acids is 2. The van der Waals surface area contributed by atoms with Crippen molar-refractivity contribution in [2.75, 3.05) is 10.6 Å². The maximum Gasteiger partial charge on any atom is 0.257 e. The number of carbonyl (C=O) groups is 2. The van der Waals surface area contributed by atoms with Gasteiger partial charge in [0.2, 0.25) is 5.91 Å². The Labute approximate surface area is 140 Å². The summed E-state index contributed by atoms with van der Waals surface area (Å²) in [6.07, 6.45) is 0. The van der Waals surface area contributed by atoms with Gasteiger partial charge in [-0.2, -0.15) is 0 Å². The molecule has 2 rings (SSSR count). The molecule has 0 atom stereocenters. The van der Waals surface area contributed by atoms with Gasteiger partial charge in [-0.1, -0.05) is 56.6 Å². The molecule has 0 saturated carbocycles. The van der Waals surface area contributed by atoms with E-state index in [1.165, 1.54) is 0 Å². The SMILES string of the molecule is CC(C)(C)C(=O)Nc1ccccc1C(=O)Nc1ccccc1Cl. The number of hydrogen-bond donors (Lipinski definition) is 2. The van der Waals surface area contributed by atoms with Crippen molar-refractivity contribution in [2.24, 2.45) is 5.41 Å². The van der Waals surface area contributed by atoms with Crippen molar-refractivity contribution < 1.29 is 9.59 Å². The van der Waals surface area contributed by atoms with Gasteiger partial charge in [-0.3, -0.25) is 9.59 Å². The molecule has 0 aliphatic heterocycles. The van der Waals surface area contributed by atoms with Gasteiger partial charge in [-0.05, 0) is 24.3 Å². The number of hydrogen-bond acceptors (Lipinski definition) is 2. The van der Waals surface area contributed by atoms with E-state index in [9.17, 15) is 9.59 Å². The van der Waals surface area contributed by atoms with E-state index in [2.05, 4.69) is 10.6 Å². The molecule has 0 aromatic heterocycles. The predicted molar refractivity (Wildman–Crippen MR) is 93.9 cm³/mol. The Morgan fingerprint density at radius 1 is 0.870 bits per heavy atom. The summed E-state index contributed by atoms with van der Waals surface area (Å²) in [5.74, 6) is -0.488. The van der Waals surface area contributed by atoms with Crippen LogP contribution in [0.3, 0.4) is 0 Å². The third-order valence-corrected chi connectivity index (χ3v) is 3.55. The first-order valence-corrected chi connectivity index (χ1v) is 7.63. The quantitative estimate of drug-likeness (QED) is 0.865. The monoisotopic (exact) mass is 330 g/mol. The molecule has 23 heavy (non-hydrogen) atoms. The van der Waals surface area contributed by atoms with Crippen LogP contribution in [0.1, 0.15) is 31.1 Å². The highest BCUT2D eigenvalue weighted by Gasteiger charge is 2.23. The van der Waals surface area contributed by atoms with Crippen molar-refractivity contribution in [3.63, 3.8) is 0 Å². The van der Waals surface area contributed by atoms with E-state index in [0.29, 0.717) is 22.0 Å². The van der Waals surface area contributed by atoms with Gasteiger partial charge in [0.25, 0.3) is 5.91 Å². The summed E-state index contributed by atoms with van der Waals surface area (Å²) in [4.78, 5) is 24.7. The van der Waals surface area contributed by atoms with Crippen molar-refractivity contribution in [1.29, 1.82) is 0 Å². The Morgan fingerprint density at radius 3 is 2.04 bits per heavy atom. The number of para-hydroxylation sites is 2. The Hall–Kier alpha value is -2.33. The van der Waals surface area contributed by atoms with Crippen LogP contribution >= 0.6 is 11.6 Å². The van der Waals surface area contributed by atoms with Crippen LogP contribution in [-0.2, 0) is 4.79 Å². The molecule has 5 heteroatoms. The molecule has 0 saturated heterocycles. The van der Waals surface area contributed by atoms with Crippen LogP contribution in [0, 0.1) is 5.41 Å². The Morgan fingerprint density at radius 2 is 1.43 bits per heavy atom. The first-order valence-electron chi connectivity index (χ1n) is 7.25. The second-order valence-electron chi connectivity index (χ2n) is 6.18. The van der Waals surface area contributed by atoms with E-state index < -0.39 is 5.41 Å². The average molecular weight is 331 g/mol. The van der Waals surface area contributed by atoms with E-state index in [0.717, 1.165) is 0 Å². The van der Waals surface area contributed by atoms with Crippen LogP contribution in [0.25, 0.3) is 0 Å². The van der Waals surface area contributed by atoms with Crippen molar-refractivity contribution >= 4 is 34.8 Å². The predicted octanol–water partition coefficient (Wildman–Crippen LogP) is 4.58. The van der Waals surface area contributed by atoms with Crippen LogP contribution in [-0.4, -0.2) is 11.8 Å². The number of amides is 2. The first kappa shape index (κ1) is 17.0. The van der Waals surface area contributed by atoms with Gasteiger partial charge in [-0.15, -0.1) is 0 Å². The standard InChI is InChI=1S/C18H19ClN2O2/c1-18(2,3)17(23)21-14-10-6-4-8-12(14)16(22)20-15-11-7-5-9-13(15)19/h4-11H,1-3H3,(H,20,22)(H,21,23). The van der Waals surface area contributed by atoms with Crippen molar-refractivity contribution in [1.82, 2.24) is 0 Å². The van der Waals surface area contributed by atoms with Crippen LogP contribution < -0.4 is 10.6 Å². The highest BCUT2D eigenvalue weighted by molar-refractivity contribution is 6.34. The summed E-state index contributed by atoms with van der Waals surface area (Å²) in [6.45, 7) is 5.44. The van der Waals surface area contributed by atoms with E-state index >= 15 is 0 Å². The molecule has 120 valence electrons. The van der Waals surface area contributed by atoms with Gasteiger partial charge in [0, 0.05) is 5.41 Å². The molecule has 0 fully saturated rings. The molecule has 0 heterocycles. The van der Waals surface area contributed by atoms with Gasteiger partial charge in [0.05, 0.1) is 22.0 Å². The van der Waals surface area contributed by atoms with E-state index in [4.69, 9.17) is 11.6 Å². The Balaban J connectivity index is 2.25. The van der Waals surface area contributed by atoms with Crippen LogP contribution in [0.5, 0.6) is 0 Å². The largest absolute Gasteiger partial charge is 0.325 e. The summed E-state index contributed by atoms with van der Waals surface area (Å²) >= 11 is 6.06. The number of halogens is 1. The van der Waals surface area contributed by atoms with Gasteiger partial charge < -0.3 is 10.6 Å². The summed E-state index contributed by atoms with van der Waals surface area (Å²) < 4.78 is 0. The molecule has 2 aromatic carbocycles. The zero-order valence-electron chi connectivity index (χ0n) is 13.3. The molecule has 0 spiro atoms. The first-order chi connectivity index (χ1) is 10.8. The van der Waals surface area contributed by atoms with E-state index in [1.807, 2.05) is 20.8 Å². The summed E-state index contributed by atoms with van der Waals surface area (Å²) in [6, 6.07) is 13.9. The van der Waals surface area contributed by atoms with Crippen LogP contribution in [0.2, 0.25) is 5.02 Å². The fourth-order valence-corrected chi connectivity index (χ4v) is 2.04. The highest BCUT2D eigenvalue weighted by atomic mass is 35.5. The van der Waals surface area contributed by atoms with Crippen LogP contribution in [0.4, 0.5) is 11.4 Å². The van der Waals surface area contributed by atoms with E-state index in [-0.39, 0.29) is 11.8 Å². The Bertz CT molecular complexity index is 736. The molecule has 2 aromatic rings. The maximum atomic E-state index is 12.5.